The molecule has 2 aliphatic heterocycles. The summed E-state index contributed by atoms with van der Waals surface area (Å²) < 4.78 is 0. The van der Waals surface area contributed by atoms with Crippen molar-refractivity contribution in [3.05, 3.63) is 11.1 Å². The third-order valence-corrected chi connectivity index (χ3v) is 2.55. The lowest BCUT2D eigenvalue weighted by molar-refractivity contribution is 0.319. The van der Waals surface area contributed by atoms with Gasteiger partial charge in [-0.25, -0.2) is 0 Å². The summed E-state index contributed by atoms with van der Waals surface area (Å²) in [5.74, 6) is 0. The summed E-state index contributed by atoms with van der Waals surface area (Å²) in [4.78, 5) is 0. The Morgan fingerprint density at radius 1 is 1.55 bits per heavy atom. The fourth-order valence-electron chi connectivity index (χ4n) is 1.90. The van der Waals surface area contributed by atoms with Crippen LogP contribution in [0.2, 0.25) is 0 Å². The van der Waals surface area contributed by atoms with Gasteiger partial charge in [0.15, 0.2) is 0 Å². The molecule has 3 nitrogen and oxygen atoms in total. The van der Waals surface area contributed by atoms with Crippen LogP contribution in [0.5, 0.6) is 0 Å². The summed E-state index contributed by atoms with van der Waals surface area (Å²) in [6.07, 6.45) is 1.02. The zero-order chi connectivity index (χ0) is 7.68. The van der Waals surface area contributed by atoms with Gasteiger partial charge >= 0.3 is 0 Å². The molecule has 0 aromatic carbocycles. The van der Waals surface area contributed by atoms with Gasteiger partial charge in [-0.05, 0) is 24.1 Å². The highest BCUT2D eigenvalue weighted by atomic mass is 16.3. The summed E-state index contributed by atoms with van der Waals surface area (Å²) in [5, 5.41) is 15.7. The topological polar surface area (TPSA) is 44.3 Å². The maximum Gasteiger partial charge on any atom is 0.0645 e. The first-order valence-electron chi connectivity index (χ1n) is 4.17. The summed E-state index contributed by atoms with van der Waals surface area (Å²) in [6, 6.07) is 0.505. The van der Waals surface area contributed by atoms with Gasteiger partial charge in [0, 0.05) is 19.1 Å². The van der Waals surface area contributed by atoms with E-state index in [0.29, 0.717) is 6.04 Å². The first kappa shape index (κ1) is 7.28. The van der Waals surface area contributed by atoms with Crippen molar-refractivity contribution in [1.29, 1.82) is 0 Å². The summed E-state index contributed by atoms with van der Waals surface area (Å²) in [5.41, 5.74) is 2.65. The molecule has 0 aromatic heterocycles. The third kappa shape index (κ3) is 1.20. The number of hydrogen-bond donors (Lipinski definition) is 3. The maximum atomic E-state index is 9.02. The van der Waals surface area contributed by atoms with Crippen LogP contribution in [0, 0.1) is 0 Å². The van der Waals surface area contributed by atoms with Gasteiger partial charge in [-0.15, -0.1) is 0 Å². The number of aliphatic hydroxyl groups is 1. The lowest BCUT2D eigenvalue weighted by atomic mass is 9.97. The molecular weight excluding hydrogens is 140 g/mol. The molecule has 1 saturated heterocycles. The molecule has 0 radical (unpaired) electrons. The Morgan fingerprint density at radius 2 is 2.45 bits per heavy atom. The molecule has 0 amide bonds. The van der Waals surface area contributed by atoms with Crippen LogP contribution in [0.3, 0.4) is 0 Å². The molecule has 1 fully saturated rings. The van der Waals surface area contributed by atoms with Crippen molar-refractivity contribution in [1.82, 2.24) is 10.6 Å². The lowest BCUT2D eigenvalue weighted by Crippen LogP contribution is -2.37. The van der Waals surface area contributed by atoms with E-state index in [1.807, 2.05) is 0 Å². The zero-order valence-electron chi connectivity index (χ0n) is 6.56. The highest BCUT2D eigenvalue weighted by molar-refractivity contribution is 5.28. The van der Waals surface area contributed by atoms with Gasteiger partial charge in [0.25, 0.3) is 0 Å². The van der Waals surface area contributed by atoms with E-state index in [2.05, 4.69) is 10.6 Å². The second-order valence-corrected chi connectivity index (χ2v) is 3.17. The second-order valence-electron chi connectivity index (χ2n) is 3.17. The average Bonchev–Trinajstić information content (AvgIpc) is 2.50. The van der Waals surface area contributed by atoms with E-state index in [1.54, 1.807) is 0 Å². The molecule has 0 bridgehead atoms. The fraction of sp³-hybridized carbons (Fsp3) is 0.750. The van der Waals surface area contributed by atoms with Crippen molar-refractivity contribution in [2.45, 2.75) is 12.5 Å². The van der Waals surface area contributed by atoms with E-state index in [-0.39, 0.29) is 6.61 Å². The van der Waals surface area contributed by atoms with Gasteiger partial charge in [-0.1, -0.05) is 0 Å². The van der Waals surface area contributed by atoms with Gasteiger partial charge < -0.3 is 15.7 Å². The van der Waals surface area contributed by atoms with E-state index >= 15 is 0 Å². The molecule has 0 saturated carbocycles. The van der Waals surface area contributed by atoms with Crippen molar-refractivity contribution in [3.63, 3.8) is 0 Å². The largest absolute Gasteiger partial charge is 0.392 e. The molecule has 3 N–H and O–H groups in total. The molecule has 3 heteroatoms. The summed E-state index contributed by atoms with van der Waals surface area (Å²) in [7, 11) is 0. The molecule has 1 unspecified atom stereocenters. The number of nitrogens with one attached hydrogen (secondary N) is 2. The monoisotopic (exact) mass is 154 g/mol. The minimum absolute atomic E-state index is 0.245. The van der Waals surface area contributed by atoms with Crippen LogP contribution in [0.15, 0.2) is 11.1 Å². The molecule has 2 rings (SSSR count). The SMILES string of the molecule is OCC1=C2CNCC2NCC1. The highest BCUT2D eigenvalue weighted by Gasteiger charge is 2.25. The van der Waals surface area contributed by atoms with Gasteiger partial charge in [-0.3, -0.25) is 0 Å². The van der Waals surface area contributed by atoms with E-state index in [1.165, 1.54) is 11.1 Å². The molecule has 2 heterocycles. The smallest absolute Gasteiger partial charge is 0.0645 e. The van der Waals surface area contributed by atoms with Crippen LogP contribution in [0.25, 0.3) is 0 Å². The van der Waals surface area contributed by atoms with Crippen LogP contribution in [-0.2, 0) is 0 Å². The van der Waals surface area contributed by atoms with Gasteiger partial charge in [0.2, 0.25) is 0 Å². The highest BCUT2D eigenvalue weighted by Crippen LogP contribution is 2.19. The van der Waals surface area contributed by atoms with Gasteiger partial charge in [0.1, 0.15) is 0 Å². The number of hydrogen-bond acceptors (Lipinski definition) is 3. The second kappa shape index (κ2) is 2.93. The first-order valence-corrected chi connectivity index (χ1v) is 4.17. The van der Waals surface area contributed by atoms with Crippen LogP contribution < -0.4 is 10.6 Å². The maximum absolute atomic E-state index is 9.02. The van der Waals surface area contributed by atoms with Gasteiger partial charge in [-0.2, -0.15) is 0 Å². The Hall–Kier alpha value is -0.380. The van der Waals surface area contributed by atoms with E-state index in [0.717, 1.165) is 26.1 Å². The molecule has 0 spiro atoms. The Morgan fingerprint density at radius 3 is 3.27 bits per heavy atom. The standard InChI is InChI=1S/C8H14N2O/c11-5-6-1-2-10-8-4-9-3-7(6)8/h8-11H,1-5H2. The van der Waals surface area contributed by atoms with Crippen LogP contribution in [0.4, 0.5) is 0 Å². The van der Waals surface area contributed by atoms with Gasteiger partial charge in [0.05, 0.1) is 6.61 Å². The predicted molar refractivity (Wildman–Crippen MR) is 43.4 cm³/mol. The molecule has 1 atom stereocenters. The minimum Gasteiger partial charge on any atom is -0.392 e. The normalized spacial score (nSPS) is 30.8. The lowest BCUT2D eigenvalue weighted by Gasteiger charge is -2.22. The molecule has 0 aliphatic carbocycles. The first-order chi connectivity index (χ1) is 5.42. The molecule has 2 aliphatic rings. The number of fused-ring (bicyclic) bond motifs is 1. The van der Waals surface area contributed by atoms with E-state index in [9.17, 15) is 0 Å². The van der Waals surface area contributed by atoms with Crippen molar-refractivity contribution in [2.75, 3.05) is 26.2 Å². The summed E-state index contributed by atoms with van der Waals surface area (Å²) in [6.45, 7) is 3.26. The molecule has 62 valence electrons. The third-order valence-electron chi connectivity index (χ3n) is 2.55. The number of aliphatic hydroxyl groups excluding tert-OH is 1. The Labute approximate surface area is 66.5 Å². The van der Waals surface area contributed by atoms with Crippen LogP contribution in [-0.4, -0.2) is 37.4 Å². The molecule has 11 heavy (non-hydrogen) atoms. The zero-order valence-corrected chi connectivity index (χ0v) is 6.56. The molecular formula is C8H14N2O. The molecule has 0 aromatic rings. The average molecular weight is 154 g/mol. The summed E-state index contributed by atoms with van der Waals surface area (Å²) >= 11 is 0. The van der Waals surface area contributed by atoms with Crippen molar-refractivity contribution < 1.29 is 5.11 Å². The van der Waals surface area contributed by atoms with Crippen molar-refractivity contribution in [3.8, 4) is 0 Å². The van der Waals surface area contributed by atoms with Crippen molar-refractivity contribution in [2.24, 2.45) is 0 Å². The quantitative estimate of drug-likeness (QED) is 0.435. The fourth-order valence-corrected chi connectivity index (χ4v) is 1.90. The van der Waals surface area contributed by atoms with Crippen LogP contribution in [0.1, 0.15) is 6.42 Å². The van der Waals surface area contributed by atoms with Crippen LogP contribution >= 0.6 is 0 Å². The number of rotatable bonds is 1. The Kier molecular flexibility index (Phi) is 1.94. The van der Waals surface area contributed by atoms with E-state index < -0.39 is 0 Å². The predicted octanol–water partition coefficient (Wildman–Crippen LogP) is -0.760. The Balaban J connectivity index is 2.23. The van der Waals surface area contributed by atoms with E-state index in [4.69, 9.17) is 5.11 Å². The minimum atomic E-state index is 0.245. The Bertz CT molecular complexity index is 189. The van der Waals surface area contributed by atoms with Crippen molar-refractivity contribution >= 4 is 0 Å².